The molecular formula is C7H11N3O. The molecule has 1 aromatic rings. The van der Waals surface area contributed by atoms with E-state index in [0.29, 0.717) is 13.1 Å². The van der Waals surface area contributed by atoms with Crippen molar-refractivity contribution in [2.45, 2.75) is 13.0 Å². The van der Waals surface area contributed by atoms with Crippen molar-refractivity contribution in [3.63, 3.8) is 0 Å². The molecule has 11 heavy (non-hydrogen) atoms. The van der Waals surface area contributed by atoms with Gasteiger partial charge in [0.15, 0.2) is 0 Å². The van der Waals surface area contributed by atoms with E-state index in [9.17, 15) is 4.79 Å². The summed E-state index contributed by atoms with van der Waals surface area (Å²) >= 11 is 0. The molecule has 0 bridgehead atoms. The summed E-state index contributed by atoms with van der Waals surface area (Å²) in [5.74, 6) is 0. The van der Waals surface area contributed by atoms with Gasteiger partial charge < -0.3 is 5.73 Å². The summed E-state index contributed by atoms with van der Waals surface area (Å²) in [6, 6.07) is 1.73. The predicted octanol–water partition coefficient (Wildman–Crippen LogP) is -0.408. The van der Waals surface area contributed by atoms with Gasteiger partial charge in [-0.05, 0) is 19.0 Å². The van der Waals surface area contributed by atoms with E-state index in [2.05, 4.69) is 4.98 Å². The molecule has 4 heteroatoms. The Labute approximate surface area is 64.7 Å². The molecule has 1 aromatic heterocycles. The van der Waals surface area contributed by atoms with Crippen LogP contribution in [0.3, 0.4) is 0 Å². The van der Waals surface area contributed by atoms with E-state index >= 15 is 0 Å². The second-order valence-electron chi connectivity index (χ2n) is 2.24. The van der Waals surface area contributed by atoms with E-state index in [-0.39, 0.29) is 5.69 Å². The van der Waals surface area contributed by atoms with Crippen LogP contribution in [-0.2, 0) is 6.54 Å². The fourth-order valence-electron chi connectivity index (χ4n) is 0.819. The first-order valence-electron chi connectivity index (χ1n) is 3.56. The molecule has 2 N–H and O–H groups in total. The van der Waals surface area contributed by atoms with Crippen molar-refractivity contribution < 1.29 is 0 Å². The van der Waals surface area contributed by atoms with Crippen LogP contribution in [0.1, 0.15) is 6.42 Å². The number of aryl methyl sites for hydroxylation is 1. The Morgan fingerprint density at radius 1 is 1.64 bits per heavy atom. The van der Waals surface area contributed by atoms with Gasteiger partial charge in [0, 0.05) is 18.9 Å². The van der Waals surface area contributed by atoms with Gasteiger partial charge in [-0.25, -0.2) is 9.78 Å². The highest BCUT2D eigenvalue weighted by molar-refractivity contribution is 4.80. The maximum atomic E-state index is 10.9. The zero-order valence-electron chi connectivity index (χ0n) is 6.23. The summed E-state index contributed by atoms with van der Waals surface area (Å²) in [5.41, 5.74) is 5.08. The van der Waals surface area contributed by atoms with Gasteiger partial charge in [0.05, 0.1) is 0 Å². The van der Waals surface area contributed by atoms with Crippen LogP contribution in [0.4, 0.5) is 0 Å². The first kappa shape index (κ1) is 7.94. The molecule has 0 amide bonds. The number of hydrogen-bond acceptors (Lipinski definition) is 3. The van der Waals surface area contributed by atoms with Gasteiger partial charge in [-0.1, -0.05) is 0 Å². The van der Waals surface area contributed by atoms with Crippen LogP contribution >= 0.6 is 0 Å². The SMILES string of the molecule is NCCCn1cccnc1=O. The van der Waals surface area contributed by atoms with Crippen molar-refractivity contribution >= 4 is 0 Å². The Hall–Kier alpha value is -1.16. The number of aromatic nitrogens is 2. The van der Waals surface area contributed by atoms with Crippen LogP contribution in [0, 0.1) is 0 Å². The minimum Gasteiger partial charge on any atom is -0.330 e. The molecule has 0 spiro atoms. The predicted molar refractivity (Wildman–Crippen MR) is 42.2 cm³/mol. The van der Waals surface area contributed by atoms with Crippen molar-refractivity contribution in [2.75, 3.05) is 6.54 Å². The molecule has 0 aliphatic rings. The normalized spacial score (nSPS) is 9.91. The largest absolute Gasteiger partial charge is 0.347 e. The quantitative estimate of drug-likeness (QED) is 0.642. The van der Waals surface area contributed by atoms with Gasteiger partial charge in [0.2, 0.25) is 0 Å². The molecule has 0 aliphatic carbocycles. The van der Waals surface area contributed by atoms with E-state index in [4.69, 9.17) is 5.73 Å². The van der Waals surface area contributed by atoms with E-state index < -0.39 is 0 Å². The van der Waals surface area contributed by atoms with Crippen LogP contribution < -0.4 is 11.4 Å². The van der Waals surface area contributed by atoms with Gasteiger partial charge in [0.25, 0.3) is 0 Å². The van der Waals surface area contributed by atoms with Crippen molar-refractivity contribution in [3.05, 3.63) is 28.9 Å². The Bertz CT molecular complexity index is 268. The van der Waals surface area contributed by atoms with Crippen LogP contribution in [0.25, 0.3) is 0 Å². The topological polar surface area (TPSA) is 60.9 Å². The summed E-state index contributed by atoms with van der Waals surface area (Å²) in [5, 5.41) is 0. The van der Waals surface area contributed by atoms with Crippen molar-refractivity contribution in [2.24, 2.45) is 5.73 Å². The average Bonchev–Trinajstić information content (AvgIpc) is 2.03. The van der Waals surface area contributed by atoms with Crippen molar-refractivity contribution in [3.8, 4) is 0 Å². The Morgan fingerprint density at radius 3 is 3.09 bits per heavy atom. The van der Waals surface area contributed by atoms with Crippen molar-refractivity contribution in [1.82, 2.24) is 9.55 Å². The standard InChI is InChI=1S/C7H11N3O/c8-3-1-5-10-6-2-4-9-7(10)11/h2,4,6H,1,3,5,8H2. The average molecular weight is 153 g/mol. The molecule has 1 heterocycles. The van der Waals surface area contributed by atoms with Gasteiger partial charge >= 0.3 is 5.69 Å². The lowest BCUT2D eigenvalue weighted by molar-refractivity contribution is 0.614. The third-order valence-corrected chi connectivity index (χ3v) is 1.39. The van der Waals surface area contributed by atoms with Crippen LogP contribution in [-0.4, -0.2) is 16.1 Å². The Morgan fingerprint density at radius 2 is 2.45 bits per heavy atom. The number of nitrogens with zero attached hydrogens (tertiary/aromatic N) is 2. The highest BCUT2D eigenvalue weighted by Gasteiger charge is 1.91. The van der Waals surface area contributed by atoms with E-state index in [1.807, 2.05) is 0 Å². The summed E-state index contributed by atoms with van der Waals surface area (Å²) in [7, 11) is 0. The highest BCUT2D eigenvalue weighted by atomic mass is 16.1. The number of nitrogens with two attached hydrogens (primary N) is 1. The van der Waals surface area contributed by atoms with Crippen molar-refractivity contribution in [1.29, 1.82) is 0 Å². The minimum absolute atomic E-state index is 0.207. The summed E-state index contributed by atoms with van der Waals surface area (Å²) < 4.78 is 1.55. The summed E-state index contributed by atoms with van der Waals surface area (Å²) in [6.45, 7) is 1.25. The fourth-order valence-corrected chi connectivity index (χ4v) is 0.819. The lowest BCUT2D eigenvalue weighted by Crippen LogP contribution is -2.22. The first-order chi connectivity index (χ1) is 5.34. The summed E-state index contributed by atoms with van der Waals surface area (Å²) in [6.07, 6.45) is 4.01. The zero-order valence-corrected chi connectivity index (χ0v) is 6.23. The molecule has 1 rings (SSSR count). The van der Waals surface area contributed by atoms with Gasteiger partial charge in [-0.15, -0.1) is 0 Å². The molecule has 4 nitrogen and oxygen atoms in total. The fraction of sp³-hybridized carbons (Fsp3) is 0.429. The Balaban J connectivity index is 2.70. The zero-order chi connectivity index (χ0) is 8.10. The monoisotopic (exact) mass is 153 g/mol. The molecule has 0 unspecified atom stereocenters. The van der Waals surface area contributed by atoms with Crippen LogP contribution in [0.15, 0.2) is 23.3 Å². The molecule has 0 saturated carbocycles. The van der Waals surface area contributed by atoms with E-state index in [0.717, 1.165) is 6.42 Å². The highest BCUT2D eigenvalue weighted by Crippen LogP contribution is 1.82. The minimum atomic E-state index is -0.207. The Kier molecular flexibility index (Phi) is 2.80. The molecule has 0 fully saturated rings. The second kappa shape index (κ2) is 3.88. The van der Waals surface area contributed by atoms with E-state index in [1.165, 1.54) is 6.20 Å². The maximum Gasteiger partial charge on any atom is 0.347 e. The van der Waals surface area contributed by atoms with Gasteiger partial charge in [0.1, 0.15) is 0 Å². The molecule has 60 valence electrons. The van der Waals surface area contributed by atoms with Crippen LogP contribution in [0.5, 0.6) is 0 Å². The molecule has 0 atom stereocenters. The maximum absolute atomic E-state index is 10.9. The van der Waals surface area contributed by atoms with E-state index in [1.54, 1.807) is 16.8 Å². The molecular weight excluding hydrogens is 142 g/mol. The van der Waals surface area contributed by atoms with Gasteiger partial charge in [-0.2, -0.15) is 0 Å². The smallest absolute Gasteiger partial charge is 0.330 e. The summed E-state index contributed by atoms with van der Waals surface area (Å²) in [4.78, 5) is 14.5. The molecule has 0 saturated heterocycles. The second-order valence-corrected chi connectivity index (χ2v) is 2.24. The molecule has 0 aliphatic heterocycles. The first-order valence-corrected chi connectivity index (χ1v) is 3.56. The number of hydrogen-bond donors (Lipinski definition) is 1. The van der Waals surface area contributed by atoms with Crippen LogP contribution in [0.2, 0.25) is 0 Å². The third-order valence-electron chi connectivity index (χ3n) is 1.39. The number of rotatable bonds is 3. The molecule has 0 radical (unpaired) electrons. The lowest BCUT2D eigenvalue weighted by atomic mass is 10.4. The third kappa shape index (κ3) is 2.16. The van der Waals surface area contributed by atoms with Gasteiger partial charge in [-0.3, -0.25) is 4.57 Å². The lowest BCUT2D eigenvalue weighted by Gasteiger charge is -2.00. The molecule has 0 aromatic carbocycles.